The Morgan fingerprint density at radius 3 is 2.71 bits per heavy atom. The number of benzene rings is 2. The highest BCUT2D eigenvalue weighted by molar-refractivity contribution is 8.00. The smallest absolute Gasteiger partial charge is 0.255 e. The number of carbonyl (C=O) groups is 2. The van der Waals surface area contributed by atoms with Gasteiger partial charge in [-0.1, -0.05) is 18.2 Å². The third-order valence-electron chi connectivity index (χ3n) is 4.41. The molecule has 1 aliphatic rings. The quantitative estimate of drug-likeness (QED) is 0.692. The van der Waals surface area contributed by atoms with Gasteiger partial charge in [0.2, 0.25) is 5.91 Å². The number of nitrogens with zero attached hydrogens (tertiary/aromatic N) is 1. The second-order valence-electron chi connectivity index (χ2n) is 6.35. The van der Waals surface area contributed by atoms with Crippen molar-refractivity contribution in [3.63, 3.8) is 0 Å². The molecule has 2 heterocycles. The molecule has 1 atom stereocenters. The Kier molecular flexibility index (Phi) is 5.16. The van der Waals surface area contributed by atoms with E-state index in [9.17, 15) is 14.0 Å². The Morgan fingerprint density at radius 2 is 2.00 bits per heavy atom. The molecule has 0 unspecified atom stereocenters. The van der Waals surface area contributed by atoms with E-state index in [0.29, 0.717) is 23.5 Å². The van der Waals surface area contributed by atoms with Crippen LogP contribution in [-0.2, 0) is 11.3 Å². The van der Waals surface area contributed by atoms with E-state index in [1.807, 2.05) is 18.2 Å². The lowest BCUT2D eigenvalue weighted by atomic mass is 10.1. The summed E-state index contributed by atoms with van der Waals surface area (Å²) >= 11 is 1.54. The highest BCUT2D eigenvalue weighted by Crippen LogP contribution is 2.39. The van der Waals surface area contributed by atoms with E-state index >= 15 is 0 Å². The summed E-state index contributed by atoms with van der Waals surface area (Å²) in [7, 11) is 0. The van der Waals surface area contributed by atoms with E-state index in [1.54, 1.807) is 47.2 Å². The third-order valence-corrected chi connectivity index (χ3v) is 5.67. The predicted molar refractivity (Wildman–Crippen MR) is 105 cm³/mol. The normalized spacial score (nSPS) is 16.4. The average Bonchev–Trinajstić information content (AvgIpc) is 3.33. The molecule has 1 N–H and O–H groups in total. The summed E-state index contributed by atoms with van der Waals surface area (Å²) in [5.41, 5.74) is 1.79. The van der Waals surface area contributed by atoms with Gasteiger partial charge in [0.25, 0.3) is 5.91 Å². The summed E-state index contributed by atoms with van der Waals surface area (Å²) in [6.07, 6.45) is 1.59. The van der Waals surface area contributed by atoms with Crippen molar-refractivity contribution in [3.8, 4) is 0 Å². The number of nitrogens with one attached hydrogen (secondary N) is 1. The van der Waals surface area contributed by atoms with E-state index in [1.165, 1.54) is 18.2 Å². The van der Waals surface area contributed by atoms with Gasteiger partial charge in [-0.05, 0) is 48.0 Å². The Labute approximate surface area is 165 Å². The van der Waals surface area contributed by atoms with Crippen molar-refractivity contribution in [1.82, 2.24) is 4.90 Å². The lowest BCUT2D eigenvalue weighted by Crippen LogP contribution is -2.27. The highest BCUT2D eigenvalue weighted by atomic mass is 32.2. The van der Waals surface area contributed by atoms with E-state index < -0.39 is 5.82 Å². The summed E-state index contributed by atoms with van der Waals surface area (Å²) in [5, 5.41) is 2.55. The SMILES string of the molecule is O=C(Nc1cccc(F)c1)c1ccc([C@H]2SCC(=O)N2Cc2ccco2)cc1. The molecular formula is C21H17FN2O3S. The van der Waals surface area contributed by atoms with Gasteiger partial charge in [0.05, 0.1) is 18.6 Å². The molecule has 1 aromatic heterocycles. The first kappa shape index (κ1) is 18.3. The van der Waals surface area contributed by atoms with Gasteiger partial charge < -0.3 is 14.6 Å². The Hall–Kier alpha value is -3.06. The van der Waals surface area contributed by atoms with Crippen molar-refractivity contribution in [3.05, 3.63) is 89.6 Å². The second-order valence-corrected chi connectivity index (χ2v) is 7.42. The number of carbonyl (C=O) groups excluding carboxylic acids is 2. The van der Waals surface area contributed by atoms with Crippen molar-refractivity contribution in [1.29, 1.82) is 0 Å². The Bertz CT molecular complexity index is 989. The van der Waals surface area contributed by atoms with Gasteiger partial charge in [-0.3, -0.25) is 9.59 Å². The van der Waals surface area contributed by atoms with Gasteiger partial charge in [0.1, 0.15) is 17.0 Å². The maximum absolute atomic E-state index is 13.3. The van der Waals surface area contributed by atoms with Crippen molar-refractivity contribution in [2.45, 2.75) is 11.9 Å². The number of furan rings is 1. The Balaban J connectivity index is 1.47. The molecule has 28 heavy (non-hydrogen) atoms. The summed E-state index contributed by atoms with van der Waals surface area (Å²) in [5.74, 6) is 0.464. The molecule has 0 aliphatic carbocycles. The number of rotatable bonds is 5. The van der Waals surface area contributed by atoms with Crippen LogP contribution in [0.1, 0.15) is 27.1 Å². The first-order valence-corrected chi connectivity index (χ1v) is 9.75. The molecule has 0 spiro atoms. The van der Waals surface area contributed by atoms with Gasteiger partial charge in [0.15, 0.2) is 0 Å². The number of anilines is 1. The number of halogens is 1. The van der Waals surface area contributed by atoms with Crippen LogP contribution in [0.15, 0.2) is 71.3 Å². The molecule has 4 rings (SSSR count). The molecule has 0 bridgehead atoms. The van der Waals surface area contributed by atoms with Gasteiger partial charge in [0, 0.05) is 11.3 Å². The number of amides is 2. The molecule has 1 saturated heterocycles. The van der Waals surface area contributed by atoms with E-state index in [4.69, 9.17) is 4.42 Å². The van der Waals surface area contributed by atoms with Crippen molar-refractivity contribution in [2.24, 2.45) is 0 Å². The van der Waals surface area contributed by atoms with Gasteiger partial charge in [-0.15, -0.1) is 11.8 Å². The molecule has 0 saturated carbocycles. The number of hydrogen-bond acceptors (Lipinski definition) is 4. The summed E-state index contributed by atoms with van der Waals surface area (Å²) < 4.78 is 18.6. The van der Waals surface area contributed by atoms with Crippen LogP contribution in [0, 0.1) is 5.82 Å². The number of hydrogen-bond donors (Lipinski definition) is 1. The first-order chi connectivity index (χ1) is 13.6. The molecule has 5 nitrogen and oxygen atoms in total. The monoisotopic (exact) mass is 396 g/mol. The molecule has 1 fully saturated rings. The van der Waals surface area contributed by atoms with Crippen LogP contribution in [0.5, 0.6) is 0 Å². The van der Waals surface area contributed by atoms with Crippen LogP contribution in [0.2, 0.25) is 0 Å². The van der Waals surface area contributed by atoms with E-state index in [0.717, 1.165) is 11.3 Å². The minimum absolute atomic E-state index is 0.0549. The summed E-state index contributed by atoms with van der Waals surface area (Å²) in [4.78, 5) is 26.4. The van der Waals surface area contributed by atoms with Crippen LogP contribution in [-0.4, -0.2) is 22.5 Å². The topological polar surface area (TPSA) is 62.6 Å². The van der Waals surface area contributed by atoms with Gasteiger partial charge in [-0.2, -0.15) is 0 Å². The van der Waals surface area contributed by atoms with Crippen LogP contribution in [0.4, 0.5) is 10.1 Å². The molecular weight excluding hydrogens is 379 g/mol. The lowest BCUT2D eigenvalue weighted by molar-refractivity contribution is -0.128. The highest BCUT2D eigenvalue weighted by Gasteiger charge is 2.33. The van der Waals surface area contributed by atoms with Gasteiger partial charge >= 0.3 is 0 Å². The summed E-state index contributed by atoms with van der Waals surface area (Å²) in [6, 6.07) is 16.5. The van der Waals surface area contributed by atoms with Crippen LogP contribution in [0.3, 0.4) is 0 Å². The third kappa shape index (κ3) is 3.94. The minimum Gasteiger partial charge on any atom is -0.467 e. The average molecular weight is 396 g/mol. The molecule has 0 radical (unpaired) electrons. The number of thioether (sulfide) groups is 1. The molecule has 7 heteroatoms. The summed E-state index contributed by atoms with van der Waals surface area (Å²) in [6.45, 7) is 0.408. The van der Waals surface area contributed by atoms with E-state index in [2.05, 4.69) is 5.32 Å². The zero-order valence-electron chi connectivity index (χ0n) is 14.8. The Morgan fingerprint density at radius 1 is 1.18 bits per heavy atom. The van der Waals surface area contributed by atoms with Gasteiger partial charge in [-0.25, -0.2) is 4.39 Å². The molecule has 2 aromatic carbocycles. The minimum atomic E-state index is -0.410. The molecule has 3 aromatic rings. The van der Waals surface area contributed by atoms with Crippen LogP contribution < -0.4 is 5.32 Å². The van der Waals surface area contributed by atoms with E-state index in [-0.39, 0.29) is 17.2 Å². The van der Waals surface area contributed by atoms with Crippen LogP contribution in [0.25, 0.3) is 0 Å². The predicted octanol–water partition coefficient (Wildman–Crippen LogP) is 4.45. The zero-order chi connectivity index (χ0) is 19.5. The lowest BCUT2D eigenvalue weighted by Gasteiger charge is -2.23. The first-order valence-electron chi connectivity index (χ1n) is 8.70. The maximum Gasteiger partial charge on any atom is 0.255 e. The maximum atomic E-state index is 13.3. The second kappa shape index (κ2) is 7.90. The molecule has 2 amide bonds. The fourth-order valence-corrected chi connectivity index (χ4v) is 4.23. The molecule has 1 aliphatic heterocycles. The van der Waals surface area contributed by atoms with Crippen LogP contribution >= 0.6 is 11.8 Å². The van der Waals surface area contributed by atoms with Crippen molar-refractivity contribution in [2.75, 3.05) is 11.1 Å². The zero-order valence-corrected chi connectivity index (χ0v) is 15.6. The fourth-order valence-electron chi connectivity index (χ4n) is 3.04. The van der Waals surface area contributed by atoms with Crippen molar-refractivity contribution >= 4 is 29.3 Å². The molecule has 142 valence electrons. The largest absolute Gasteiger partial charge is 0.467 e. The van der Waals surface area contributed by atoms with Crippen molar-refractivity contribution < 1.29 is 18.4 Å². The fraction of sp³-hybridized carbons (Fsp3) is 0.143. The standard InChI is InChI=1S/C21H17FN2O3S/c22-16-3-1-4-17(11-16)23-20(26)14-6-8-15(9-7-14)21-24(19(25)13-28-21)12-18-5-2-10-27-18/h1-11,21H,12-13H2,(H,23,26)/t21-/m1/s1.